The number of methoxy groups -OCH3 is 3. The minimum absolute atomic E-state index is 0. The Morgan fingerprint density at radius 3 is 2.59 bits per heavy atom. The van der Waals surface area contributed by atoms with Crippen LogP contribution in [0.5, 0.6) is 17.2 Å². The molecule has 0 aliphatic carbocycles. The van der Waals surface area contributed by atoms with Crippen molar-refractivity contribution in [2.24, 2.45) is 10.9 Å². The molecule has 1 N–H and O–H groups in total. The Balaban J connectivity index is 0.00000363. The monoisotopic (exact) mass is 557 g/mol. The lowest BCUT2D eigenvalue weighted by atomic mass is 9.93. The van der Waals surface area contributed by atoms with Crippen LogP contribution < -0.4 is 19.5 Å². The summed E-state index contributed by atoms with van der Waals surface area (Å²) in [4.78, 5) is 11.5. The molecule has 0 amide bonds. The summed E-state index contributed by atoms with van der Waals surface area (Å²) in [6.07, 6.45) is 7.68. The fourth-order valence-corrected chi connectivity index (χ4v) is 4.16. The first-order chi connectivity index (χ1) is 15.1. The summed E-state index contributed by atoms with van der Waals surface area (Å²) in [5, 5.41) is 3.46. The van der Waals surface area contributed by atoms with Crippen LogP contribution in [-0.4, -0.2) is 67.9 Å². The zero-order valence-electron chi connectivity index (χ0n) is 19.7. The Hall–Kier alpha value is -2.17. The number of rotatable bonds is 8. The molecule has 2 aromatic rings. The summed E-state index contributed by atoms with van der Waals surface area (Å²) >= 11 is 0. The molecular formula is C23H36IN5O3. The highest BCUT2D eigenvalue weighted by Crippen LogP contribution is 2.39. The SMILES string of the molecule is CCNC(=NCCc1ccc(OC)c(OC)c1OC)N1CCC(C)C(n2ccnc2)C1.I. The Labute approximate surface area is 208 Å². The molecule has 1 aliphatic rings. The van der Waals surface area contributed by atoms with E-state index in [-0.39, 0.29) is 24.0 Å². The van der Waals surface area contributed by atoms with Crippen molar-refractivity contribution in [3.63, 3.8) is 0 Å². The van der Waals surface area contributed by atoms with Gasteiger partial charge in [-0.25, -0.2) is 4.98 Å². The van der Waals surface area contributed by atoms with Crippen molar-refractivity contribution in [2.75, 3.05) is 47.5 Å². The highest BCUT2D eigenvalue weighted by Gasteiger charge is 2.28. The van der Waals surface area contributed by atoms with E-state index in [9.17, 15) is 0 Å². The molecule has 32 heavy (non-hydrogen) atoms. The van der Waals surface area contributed by atoms with Gasteiger partial charge < -0.3 is 29.0 Å². The van der Waals surface area contributed by atoms with Gasteiger partial charge in [0.1, 0.15) is 0 Å². The normalized spacial score (nSPS) is 18.7. The molecule has 1 saturated heterocycles. The van der Waals surface area contributed by atoms with Crippen LogP contribution in [0, 0.1) is 5.92 Å². The predicted molar refractivity (Wildman–Crippen MR) is 138 cm³/mol. The van der Waals surface area contributed by atoms with Crippen molar-refractivity contribution in [1.29, 1.82) is 0 Å². The predicted octanol–water partition coefficient (Wildman–Crippen LogP) is 3.62. The van der Waals surface area contributed by atoms with E-state index < -0.39 is 0 Å². The summed E-state index contributed by atoms with van der Waals surface area (Å²) < 4.78 is 18.7. The summed E-state index contributed by atoms with van der Waals surface area (Å²) in [6.45, 7) is 7.82. The largest absolute Gasteiger partial charge is 0.493 e. The standard InChI is InChI=1S/C23H35N5O3.HI/c1-6-25-23(27-13-10-17(2)19(15-27)28-14-12-24-16-28)26-11-9-18-7-8-20(29-3)22(31-5)21(18)30-4;/h7-8,12,14,16-17,19H,6,9-11,13,15H2,1-5H3,(H,25,26);1H. The van der Waals surface area contributed by atoms with E-state index in [2.05, 4.69) is 39.8 Å². The van der Waals surface area contributed by atoms with Crippen LogP contribution in [0.15, 0.2) is 35.8 Å². The molecule has 3 rings (SSSR count). The number of aliphatic imine (C=N–C) groups is 1. The first-order valence-electron chi connectivity index (χ1n) is 10.9. The third-order valence-corrected chi connectivity index (χ3v) is 5.89. The lowest BCUT2D eigenvalue weighted by Gasteiger charge is -2.39. The third-order valence-electron chi connectivity index (χ3n) is 5.89. The minimum atomic E-state index is 0. The molecule has 8 nitrogen and oxygen atoms in total. The molecule has 1 aromatic heterocycles. The number of guanidine groups is 1. The van der Waals surface area contributed by atoms with Crippen LogP contribution in [0.4, 0.5) is 0 Å². The van der Waals surface area contributed by atoms with Crippen LogP contribution in [0.3, 0.4) is 0 Å². The second-order valence-corrected chi connectivity index (χ2v) is 7.77. The maximum absolute atomic E-state index is 5.61. The van der Waals surface area contributed by atoms with Gasteiger partial charge in [-0.05, 0) is 31.7 Å². The fourth-order valence-electron chi connectivity index (χ4n) is 4.16. The van der Waals surface area contributed by atoms with Crippen molar-refractivity contribution < 1.29 is 14.2 Å². The Morgan fingerprint density at radius 1 is 1.19 bits per heavy atom. The van der Waals surface area contributed by atoms with Gasteiger partial charge in [0.25, 0.3) is 0 Å². The number of nitrogens with one attached hydrogen (secondary N) is 1. The summed E-state index contributed by atoms with van der Waals surface area (Å²) in [5.74, 6) is 3.54. The van der Waals surface area contributed by atoms with Gasteiger partial charge in [-0.1, -0.05) is 13.0 Å². The number of aromatic nitrogens is 2. The molecule has 1 aliphatic heterocycles. The molecule has 0 spiro atoms. The van der Waals surface area contributed by atoms with Crippen LogP contribution >= 0.6 is 24.0 Å². The molecule has 2 heterocycles. The van der Waals surface area contributed by atoms with E-state index in [1.165, 1.54) is 0 Å². The van der Waals surface area contributed by atoms with Crippen LogP contribution in [0.2, 0.25) is 0 Å². The van der Waals surface area contributed by atoms with Crippen LogP contribution in [-0.2, 0) is 6.42 Å². The lowest BCUT2D eigenvalue weighted by Crippen LogP contribution is -2.49. The van der Waals surface area contributed by atoms with Gasteiger partial charge in [-0.15, -0.1) is 24.0 Å². The first-order valence-corrected chi connectivity index (χ1v) is 10.9. The Morgan fingerprint density at radius 2 is 1.97 bits per heavy atom. The number of nitrogens with zero attached hydrogens (tertiary/aromatic N) is 4. The number of halogens is 1. The first kappa shape index (κ1) is 26.1. The molecule has 178 valence electrons. The Kier molecular flexibility index (Phi) is 10.4. The van der Waals surface area contributed by atoms with E-state index in [0.717, 1.165) is 44.0 Å². The van der Waals surface area contributed by atoms with Crippen LogP contribution in [0.1, 0.15) is 31.9 Å². The van der Waals surface area contributed by atoms with E-state index >= 15 is 0 Å². The van der Waals surface area contributed by atoms with Gasteiger partial charge >= 0.3 is 0 Å². The summed E-state index contributed by atoms with van der Waals surface area (Å²) in [5.41, 5.74) is 1.04. The van der Waals surface area contributed by atoms with Gasteiger partial charge in [0, 0.05) is 44.1 Å². The maximum Gasteiger partial charge on any atom is 0.203 e. The lowest BCUT2D eigenvalue weighted by molar-refractivity contribution is 0.189. The zero-order chi connectivity index (χ0) is 22.2. The van der Waals surface area contributed by atoms with Crippen molar-refractivity contribution >= 4 is 29.9 Å². The van der Waals surface area contributed by atoms with Crippen LogP contribution in [0.25, 0.3) is 0 Å². The highest BCUT2D eigenvalue weighted by atomic mass is 127. The molecule has 2 atom stereocenters. The number of likely N-dealkylation sites (tertiary alicyclic amines) is 1. The average molecular weight is 557 g/mol. The number of benzene rings is 1. The molecule has 1 fully saturated rings. The molecule has 0 saturated carbocycles. The minimum Gasteiger partial charge on any atom is -0.493 e. The van der Waals surface area contributed by atoms with Gasteiger partial charge in [-0.2, -0.15) is 0 Å². The number of hydrogen-bond donors (Lipinski definition) is 1. The number of hydrogen-bond acceptors (Lipinski definition) is 5. The molecule has 0 bridgehead atoms. The Bertz CT molecular complexity index is 860. The number of imidazole rings is 1. The van der Waals surface area contributed by atoms with Crippen molar-refractivity contribution in [1.82, 2.24) is 19.8 Å². The van der Waals surface area contributed by atoms with Gasteiger partial charge in [0.15, 0.2) is 17.5 Å². The highest BCUT2D eigenvalue weighted by molar-refractivity contribution is 14.0. The van der Waals surface area contributed by atoms with E-state index in [1.807, 2.05) is 24.7 Å². The van der Waals surface area contributed by atoms with Gasteiger partial charge in [0.2, 0.25) is 5.75 Å². The van der Waals surface area contributed by atoms with E-state index in [1.54, 1.807) is 21.3 Å². The summed E-state index contributed by atoms with van der Waals surface area (Å²) in [6, 6.07) is 4.32. The maximum atomic E-state index is 5.61. The molecule has 2 unspecified atom stereocenters. The van der Waals surface area contributed by atoms with Gasteiger partial charge in [0.05, 0.1) is 33.7 Å². The topological polar surface area (TPSA) is 73.1 Å². The summed E-state index contributed by atoms with van der Waals surface area (Å²) in [7, 11) is 4.90. The zero-order valence-corrected chi connectivity index (χ0v) is 22.0. The second kappa shape index (κ2) is 12.8. The molecule has 0 radical (unpaired) electrons. The quantitative estimate of drug-likeness (QED) is 0.304. The second-order valence-electron chi connectivity index (χ2n) is 7.77. The number of piperidine rings is 1. The van der Waals surface area contributed by atoms with E-state index in [4.69, 9.17) is 19.2 Å². The third kappa shape index (κ3) is 5.99. The van der Waals surface area contributed by atoms with Crippen molar-refractivity contribution in [2.45, 2.75) is 32.7 Å². The van der Waals surface area contributed by atoms with E-state index in [0.29, 0.717) is 35.8 Å². The number of ether oxygens (including phenoxy) is 3. The smallest absolute Gasteiger partial charge is 0.203 e. The van der Waals surface area contributed by atoms with Gasteiger partial charge in [-0.3, -0.25) is 4.99 Å². The van der Waals surface area contributed by atoms with Crippen molar-refractivity contribution in [3.05, 3.63) is 36.4 Å². The average Bonchev–Trinajstić information content (AvgIpc) is 3.33. The molecule has 1 aromatic carbocycles. The fraction of sp³-hybridized carbons (Fsp3) is 0.565. The molecular weight excluding hydrogens is 521 g/mol. The molecule has 9 heteroatoms. The van der Waals surface area contributed by atoms with Crippen molar-refractivity contribution in [3.8, 4) is 17.2 Å².